The molecular weight excluding hydrogens is 340 g/mol. The van der Waals surface area contributed by atoms with Crippen LogP contribution in [0.1, 0.15) is 22.3 Å². The number of aryl methyl sites for hydroxylation is 1. The van der Waals surface area contributed by atoms with Gasteiger partial charge in [0.1, 0.15) is 0 Å². The maximum Gasteiger partial charge on any atom is 0.251 e. The van der Waals surface area contributed by atoms with E-state index in [0.29, 0.717) is 17.8 Å². The van der Waals surface area contributed by atoms with Crippen molar-refractivity contribution in [3.8, 4) is 0 Å². The van der Waals surface area contributed by atoms with E-state index in [1.807, 2.05) is 0 Å². The predicted octanol–water partition coefficient (Wildman–Crippen LogP) is 0.734. The molecule has 0 aromatic heterocycles. The molecule has 0 spiro atoms. The second-order valence-electron chi connectivity index (χ2n) is 6.66. The number of nitrogens with one attached hydrogen (secondary N) is 2. The van der Waals surface area contributed by atoms with Gasteiger partial charge in [0.15, 0.2) is 0 Å². The van der Waals surface area contributed by atoms with Gasteiger partial charge < -0.3 is 15.1 Å². The van der Waals surface area contributed by atoms with Gasteiger partial charge in [0, 0.05) is 38.3 Å². The Morgan fingerprint density at radius 3 is 2.48 bits per heavy atom. The molecule has 0 unspecified atom stereocenters. The minimum absolute atomic E-state index is 0.132. The first kappa shape index (κ1) is 19.7. The number of rotatable bonds is 7. The molecule has 1 amide bonds. The van der Waals surface area contributed by atoms with Crippen LogP contribution in [0.5, 0.6) is 0 Å². The summed E-state index contributed by atoms with van der Waals surface area (Å²) in [7, 11) is -1.19. The van der Waals surface area contributed by atoms with Crippen molar-refractivity contribution >= 4 is 21.6 Å². The monoisotopic (exact) mass is 368 g/mol. The fourth-order valence-corrected chi connectivity index (χ4v) is 3.43. The van der Waals surface area contributed by atoms with Gasteiger partial charge in [0.25, 0.3) is 5.91 Å². The van der Waals surface area contributed by atoms with Crippen LogP contribution in [0.3, 0.4) is 0 Å². The first-order chi connectivity index (χ1) is 11.7. The average Bonchev–Trinajstić information content (AvgIpc) is 2.53. The highest BCUT2D eigenvalue weighted by atomic mass is 32.2. The van der Waals surface area contributed by atoms with Crippen molar-refractivity contribution in [1.29, 1.82) is 0 Å². The van der Waals surface area contributed by atoms with Crippen LogP contribution >= 0.6 is 0 Å². The van der Waals surface area contributed by atoms with Gasteiger partial charge >= 0.3 is 0 Å². The van der Waals surface area contributed by atoms with Gasteiger partial charge in [-0.1, -0.05) is 0 Å². The van der Waals surface area contributed by atoms with Crippen LogP contribution in [0.4, 0.5) is 5.69 Å². The van der Waals surface area contributed by atoms with Gasteiger partial charge in [-0.2, -0.15) is 0 Å². The Morgan fingerprint density at radius 2 is 1.88 bits per heavy atom. The molecule has 0 saturated carbocycles. The van der Waals surface area contributed by atoms with E-state index in [-0.39, 0.29) is 5.91 Å². The van der Waals surface area contributed by atoms with Crippen molar-refractivity contribution in [2.45, 2.75) is 13.3 Å². The van der Waals surface area contributed by atoms with Crippen molar-refractivity contribution in [2.75, 3.05) is 57.3 Å². The number of benzene rings is 1. The molecule has 0 bridgehead atoms. The molecule has 0 aliphatic carbocycles. The fourth-order valence-electron chi connectivity index (χ4n) is 2.80. The molecule has 8 heteroatoms. The van der Waals surface area contributed by atoms with Crippen molar-refractivity contribution in [2.24, 2.45) is 0 Å². The van der Waals surface area contributed by atoms with Crippen LogP contribution in [0.15, 0.2) is 18.2 Å². The van der Waals surface area contributed by atoms with E-state index in [9.17, 15) is 13.2 Å². The maximum atomic E-state index is 12.2. The highest BCUT2D eigenvalue weighted by Crippen LogP contribution is 2.17. The number of sulfonamides is 1. The molecular formula is C17H28N4O3S. The Morgan fingerprint density at radius 1 is 1.20 bits per heavy atom. The lowest BCUT2D eigenvalue weighted by Crippen LogP contribution is -2.45. The molecule has 2 N–H and O–H groups in total. The number of hydrogen-bond donors (Lipinski definition) is 2. The smallest absolute Gasteiger partial charge is 0.251 e. The van der Waals surface area contributed by atoms with Gasteiger partial charge in [-0.05, 0) is 50.7 Å². The Kier molecular flexibility index (Phi) is 6.80. The number of likely N-dealkylation sites (N-methyl/N-ethyl adjacent to an activating group) is 1. The zero-order chi connectivity index (χ0) is 18.4. The Balaban J connectivity index is 1.78. The molecule has 0 radical (unpaired) electrons. The molecule has 1 aromatic carbocycles. The van der Waals surface area contributed by atoms with E-state index in [4.69, 9.17) is 0 Å². The second kappa shape index (κ2) is 8.64. The number of piperazine rings is 1. The minimum Gasteiger partial charge on any atom is -0.352 e. The molecule has 1 saturated heterocycles. The first-order valence-electron chi connectivity index (χ1n) is 8.52. The third kappa shape index (κ3) is 6.64. The topological polar surface area (TPSA) is 81.8 Å². The summed E-state index contributed by atoms with van der Waals surface area (Å²) in [6.45, 7) is 7.76. The Hall–Kier alpha value is -1.64. The quantitative estimate of drug-likeness (QED) is 0.694. The van der Waals surface area contributed by atoms with E-state index in [1.165, 1.54) is 0 Å². The number of nitrogens with zero attached hydrogens (tertiary/aromatic N) is 2. The molecule has 1 fully saturated rings. The summed E-state index contributed by atoms with van der Waals surface area (Å²) in [6.07, 6.45) is 2.02. The molecule has 1 aliphatic heterocycles. The standard InChI is InChI=1S/C17H28N4O3S/c1-14-13-15(5-6-16(14)19-25(3,23)24)17(22)18-7-4-8-21-11-9-20(2)10-12-21/h5-6,13,19H,4,7-12H2,1-3H3,(H,18,22). The largest absolute Gasteiger partial charge is 0.352 e. The van der Waals surface area contributed by atoms with E-state index in [0.717, 1.165) is 51.0 Å². The van der Waals surface area contributed by atoms with Crippen LogP contribution in [-0.4, -0.2) is 76.7 Å². The SMILES string of the molecule is Cc1cc(C(=O)NCCCN2CCN(C)CC2)ccc1NS(C)(=O)=O. The molecule has 2 rings (SSSR count). The van der Waals surface area contributed by atoms with E-state index in [2.05, 4.69) is 26.9 Å². The fraction of sp³-hybridized carbons (Fsp3) is 0.588. The molecule has 0 atom stereocenters. The third-order valence-electron chi connectivity index (χ3n) is 4.32. The number of carbonyl (C=O) groups is 1. The van der Waals surface area contributed by atoms with Gasteiger partial charge in [0.05, 0.1) is 11.9 Å². The van der Waals surface area contributed by atoms with E-state index in [1.54, 1.807) is 25.1 Å². The summed E-state index contributed by atoms with van der Waals surface area (Å²) in [6, 6.07) is 4.95. The summed E-state index contributed by atoms with van der Waals surface area (Å²) < 4.78 is 25.0. The van der Waals surface area contributed by atoms with Crippen molar-refractivity contribution in [3.63, 3.8) is 0 Å². The number of anilines is 1. The highest BCUT2D eigenvalue weighted by Gasteiger charge is 2.13. The molecule has 140 valence electrons. The highest BCUT2D eigenvalue weighted by molar-refractivity contribution is 7.92. The molecule has 7 nitrogen and oxygen atoms in total. The van der Waals surface area contributed by atoms with Crippen molar-refractivity contribution in [3.05, 3.63) is 29.3 Å². The Bertz CT molecular complexity index is 698. The lowest BCUT2D eigenvalue weighted by Gasteiger charge is -2.32. The molecule has 1 heterocycles. The van der Waals surface area contributed by atoms with Gasteiger partial charge in [-0.25, -0.2) is 8.42 Å². The summed E-state index contributed by atoms with van der Waals surface area (Å²) >= 11 is 0. The summed E-state index contributed by atoms with van der Waals surface area (Å²) in [5, 5.41) is 2.93. The minimum atomic E-state index is -3.32. The zero-order valence-electron chi connectivity index (χ0n) is 15.2. The number of amides is 1. The maximum absolute atomic E-state index is 12.2. The normalized spacial score (nSPS) is 16.6. The van der Waals surface area contributed by atoms with Crippen LogP contribution in [0.25, 0.3) is 0 Å². The van der Waals surface area contributed by atoms with E-state index >= 15 is 0 Å². The summed E-state index contributed by atoms with van der Waals surface area (Å²) in [5.74, 6) is -0.132. The van der Waals surface area contributed by atoms with Gasteiger partial charge in [0.2, 0.25) is 10.0 Å². The third-order valence-corrected chi connectivity index (χ3v) is 4.91. The molecule has 25 heavy (non-hydrogen) atoms. The molecule has 1 aliphatic rings. The summed E-state index contributed by atoms with van der Waals surface area (Å²) in [4.78, 5) is 17.0. The second-order valence-corrected chi connectivity index (χ2v) is 8.41. The number of hydrogen-bond acceptors (Lipinski definition) is 5. The van der Waals surface area contributed by atoms with Gasteiger partial charge in [-0.3, -0.25) is 9.52 Å². The van der Waals surface area contributed by atoms with Crippen molar-refractivity contribution < 1.29 is 13.2 Å². The lowest BCUT2D eigenvalue weighted by atomic mass is 10.1. The van der Waals surface area contributed by atoms with Gasteiger partial charge in [-0.15, -0.1) is 0 Å². The molecule has 1 aromatic rings. The number of carbonyl (C=O) groups excluding carboxylic acids is 1. The van der Waals surface area contributed by atoms with Crippen LogP contribution in [0.2, 0.25) is 0 Å². The van der Waals surface area contributed by atoms with Crippen LogP contribution in [-0.2, 0) is 10.0 Å². The van der Waals surface area contributed by atoms with Crippen LogP contribution < -0.4 is 10.0 Å². The lowest BCUT2D eigenvalue weighted by molar-refractivity contribution is 0.0949. The predicted molar refractivity (Wildman–Crippen MR) is 101 cm³/mol. The van der Waals surface area contributed by atoms with E-state index < -0.39 is 10.0 Å². The zero-order valence-corrected chi connectivity index (χ0v) is 16.0. The summed E-state index contributed by atoms with van der Waals surface area (Å²) in [5.41, 5.74) is 1.75. The first-order valence-corrected chi connectivity index (χ1v) is 10.4. The Labute approximate surface area is 150 Å². The van der Waals surface area contributed by atoms with Crippen LogP contribution in [0, 0.1) is 6.92 Å². The van der Waals surface area contributed by atoms with Crippen molar-refractivity contribution in [1.82, 2.24) is 15.1 Å². The average molecular weight is 369 g/mol.